The van der Waals surface area contributed by atoms with Crippen LogP contribution in [0.15, 0.2) is 60.7 Å². The number of hydrogen-bond donors (Lipinski definition) is 2. The van der Waals surface area contributed by atoms with Gasteiger partial charge in [-0.15, -0.1) is 0 Å². The molecule has 23 heavy (non-hydrogen) atoms. The number of anilines is 2. The first-order valence-corrected chi connectivity index (χ1v) is 7.44. The molecular formula is C19H18N2O2. The van der Waals surface area contributed by atoms with Crippen LogP contribution >= 0.6 is 0 Å². The second-order valence-electron chi connectivity index (χ2n) is 5.37. The van der Waals surface area contributed by atoms with Crippen LogP contribution in [-0.4, -0.2) is 12.6 Å². The van der Waals surface area contributed by atoms with Crippen LogP contribution in [0.3, 0.4) is 0 Å². The molecule has 0 saturated carbocycles. The van der Waals surface area contributed by atoms with Crippen LogP contribution in [0.5, 0.6) is 0 Å². The summed E-state index contributed by atoms with van der Waals surface area (Å²) in [4.78, 5) is 12.0. The second-order valence-corrected chi connectivity index (χ2v) is 5.37. The maximum absolute atomic E-state index is 12.0. The highest BCUT2D eigenvalue weighted by Gasteiger charge is 2.08. The van der Waals surface area contributed by atoms with E-state index in [1.165, 1.54) is 0 Å². The predicted octanol–water partition coefficient (Wildman–Crippen LogP) is 3.40. The quantitative estimate of drug-likeness (QED) is 0.572. The molecule has 3 rings (SSSR count). The molecule has 0 radical (unpaired) electrons. The Labute approximate surface area is 134 Å². The molecule has 0 fully saturated rings. The van der Waals surface area contributed by atoms with E-state index in [4.69, 9.17) is 16.2 Å². The number of esters is 1. The summed E-state index contributed by atoms with van der Waals surface area (Å²) in [6.07, 6.45) is 0.587. The number of carbonyl (C=O) groups is 1. The van der Waals surface area contributed by atoms with Gasteiger partial charge in [0.05, 0.1) is 12.2 Å². The van der Waals surface area contributed by atoms with Gasteiger partial charge >= 0.3 is 5.97 Å². The van der Waals surface area contributed by atoms with Crippen molar-refractivity contribution in [3.63, 3.8) is 0 Å². The Morgan fingerprint density at radius 3 is 2.48 bits per heavy atom. The molecule has 0 spiro atoms. The van der Waals surface area contributed by atoms with E-state index in [1.54, 1.807) is 12.1 Å². The van der Waals surface area contributed by atoms with Gasteiger partial charge in [-0.3, -0.25) is 0 Å². The standard InChI is InChI=1S/C19H18N2O2/c20-15-11-14(16-7-4-8-18(21)17(16)12-15)9-10-23-19(22)13-5-2-1-3-6-13/h1-8,11-12H,9-10,20-21H2. The molecule has 0 atom stereocenters. The van der Waals surface area contributed by atoms with Crippen LogP contribution in [0, 0.1) is 0 Å². The topological polar surface area (TPSA) is 78.3 Å². The van der Waals surface area contributed by atoms with Gasteiger partial charge < -0.3 is 16.2 Å². The van der Waals surface area contributed by atoms with E-state index in [0.717, 1.165) is 16.3 Å². The average Bonchev–Trinajstić information content (AvgIpc) is 2.56. The zero-order valence-corrected chi connectivity index (χ0v) is 12.7. The summed E-state index contributed by atoms with van der Waals surface area (Å²) < 4.78 is 5.34. The van der Waals surface area contributed by atoms with E-state index in [0.29, 0.717) is 30.0 Å². The number of carbonyl (C=O) groups excluding carboxylic acids is 1. The molecular weight excluding hydrogens is 288 g/mol. The molecule has 0 aromatic heterocycles. The Morgan fingerprint density at radius 1 is 0.913 bits per heavy atom. The molecule has 0 aliphatic rings. The maximum Gasteiger partial charge on any atom is 0.338 e. The lowest BCUT2D eigenvalue weighted by molar-refractivity contribution is 0.0509. The number of benzene rings is 3. The first-order valence-electron chi connectivity index (χ1n) is 7.44. The summed E-state index contributed by atoms with van der Waals surface area (Å²) in [6.45, 7) is 0.293. The zero-order valence-electron chi connectivity index (χ0n) is 12.7. The molecule has 0 aliphatic carbocycles. The minimum Gasteiger partial charge on any atom is -0.462 e. The highest BCUT2D eigenvalue weighted by Crippen LogP contribution is 2.27. The van der Waals surface area contributed by atoms with E-state index >= 15 is 0 Å². The van der Waals surface area contributed by atoms with E-state index in [-0.39, 0.29) is 5.97 Å². The number of ether oxygens (including phenoxy) is 1. The molecule has 0 aliphatic heterocycles. The second kappa shape index (κ2) is 6.40. The molecule has 4 heteroatoms. The summed E-state index contributed by atoms with van der Waals surface area (Å²) in [5.74, 6) is -0.321. The first kappa shape index (κ1) is 14.9. The third-order valence-electron chi connectivity index (χ3n) is 3.75. The van der Waals surface area contributed by atoms with Gasteiger partial charge in [-0.05, 0) is 41.3 Å². The van der Waals surface area contributed by atoms with Crippen molar-refractivity contribution in [2.24, 2.45) is 0 Å². The third kappa shape index (κ3) is 3.26. The van der Waals surface area contributed by atoms with Crippen LogP contribution in [0.4, 0.5) is 11.4 Å². The number of hydrogen-bond acceptors (Lipinski definition) is 4. The Kier molecular flexibility index (Phi) is 4.15. The van der Waals surface area contributed by atoms with Crippen LogP contribution < -0.4 is 11.5 Å². The minimum atomic E-state index is -0.321. The molecule has 3 aromatic carbocycles. The largest absolute Gasteiger partial charge is 0.462 e. The van der Waals surface area contributed by atoms with Crippen molar-refractivity contribution in [3.8, 4) is 0 Å². The Hall–Kier alpha value is -3.01. The molecule has 3 aromatic rings. The Morgan fingerprint density at radius 2 is 1.70 bits per heavy atom. The van der Waals surface area contributed by atoms with Crippen LogP contribution in [0.25, 0.3) is 10.8 Å². The normalized spacial score (nSPS) is 10.6. The van der Waals surface area contributed by atoms with Crippen molar-refractivity contribution in [1.29, 1.82) is 0 Å². The predicted molar refractivity (Wildman–Crippen MR) is 93.2 cm³/mol. The number of nitrogen functional groups attached to an aromatic ring is 2. The molecule has 4 N–H and O–H groups in total. The van der Waals surface area contributed by atoms with Gasteiger partial charge in [-0.25, -0.2) is 4.79 Å². The van der Waals surface area contributed by atoms with E-state index in [1.807, 2.05) is 48.5 Å². The molecule has 0 unspecified atom stereocenters. The number of fused-ring (bicyclic) bond motifs is 1. The van der Waals surface area contributed by atoms with Crippen molar-refractivity contribution in [2.45, 2.75) is 6.42 Å². The van der Waals surface area contributed by atoms with Crippen molar-refractivity contribution < 1.29 is 9.53 Å². The van der Waals surface area contributed by atoms with Crippen molar-refractivity contribution >= 4 is 28.1 Å². The van der Waals surface area contributed by atoms with Gasteiger partial charge in [0, 0.05) is 23.2 Å². The van der Waals surface area contributed by atoms with Gasteiger partial charge in [0.2, 0.25) is 0 Å². The number of rotatable bonds is 4. The zero-order chi connectivity index (χ0) is 16.2. The maximum atomic E-state index is 12.0. The molecule has 4 nitrogen and oxygen atoms in total. The lowest BCUT2D eigenvalue weighted by Gasteiger charge is -2.11. The van der Waals surface area contributed by atoms with Crippen LogP contribution in [0.1, 0.15) is 15.9 Å². The highest BCUT2D eigenvalue weighted by molar-refractivity contribution is 5.97. The van der Waals surface area contributed by atoms with Gasteiger partial charge in [-0.1, -0.05) is 30.3 Å². The molecule has 0 heterocycles. The summed E-state index contributed by atoms with van der Waals surface area (Å²) in [6, 6.07) is 18.5. The van der Waals surface area contributed by atoms with Crippen molar-refractivity contribution in [3.05, 3.63) is 71.8 Å². The van der Waals surface area contributed by atoms with E-state index in [9.17, 15) is 4.79 Å². The summed E-state index contributed by atoms with van der Waals surface area (Å²) in [7, 11) is 0. The fourth-order valence-corrected chi connectivity index (χ4v) is 2.63. The minimum absolute atomic E-state index is 0.293. The van der Waals surface area contributed by atoms with Gasteiger partial charge in [0.15, 0.2) is 0 Å². The Balaban J connectivity index is 1.75. The van der Waals surface area contributed by atoms with Gasteiger partial charge in [0.1, 0.15) is 0 Å². The summed E-state index contributed by atoms with van der Waals surface area (Å²) in [5, 5.41) is 1.96. The Bertz CT molecular complexity index is 845. The van der Waals surface area contributed by atoms with Crippen LogP contribution in [0.2, 0.25) is 0 Å². The third-order valence-corrected chi connectivity index (χ3v) is 3.75. The lowest BCUT2D eigenvalue weighted by Crippen LogP contribution is -2.08. The van der Waals surface area contributed by atoms with Gasteiger partial charge in [-0.2, -0.15) is 0 Å². The average molecular weight is 306 g/mol. The van der Waals surface area contributed by atoms with Crippen LogP contribution in [-0.2, 0) is 11.2 Å². The van der Waals surface area contributed by atoms with Gasteiger partial charge in [0.25, 0.3) is 0 Å². The monoisotopic (exact) mass is 306 g/mol. The number of nitrogens with two attached hydrogens (primary N) is 2. The fourth-order valence-electron chi connectivity index (χ4n) is 2.63. The fraction of sp³-hybridized carbons (Fsp3) is 0.105. The molecule has 0 bridgehead atoms. The van der Waals surface area contributed by atoms with E-state index in [2.05, 4.69) is 0 Å². The van der Waals surface area contributed by atoms with Crippen molar-refractivity contribution in [1.82, 2.24) is 0 Å². The molecule has 0 amide bonds. The SMILES string of the molecule is Nc1cc(CCOC(=O)c2ccccc2)c2cccc(N)c2c1. The van der Waals surface area contributed by atoms with E-state index < -0.39 is 0 Å². The first-order chi connectivity index (χ1) is 11.1. The summed E-state index contributed by atoms with van der Waals surface area (Å²) in [5.41, 5.74) is 14.9. The highest BCUT2D eigenvalue weighted by atomic mass is 16.5. The smallest absolute Gasteiger partial charge is 0.338 e. The lowest BCUT2D eigenvalue weighted by atomic mass is 10.0. The van der Waals surface area contributed by atoms with Crippen molar-refractivity contribution in [2.75, 3.05) is 18.1 Å². The molecule has 0 saturated heterocycles. The summed E-state index contributed by atoms with van der Waals surface area (Å²) >= 11 is 0. The molecule has 116 valence electrons.